The second kappa shape index (κ2) is 7.09. The number of hydrogen-bond donors (Lipinski definition) is 2. The molecule has 0 aliphatic rings. The number of hydrogen-bond acceptors (Lipinski definition) is 2. The summed E-state index contributed by atoms with van der Waals surface area (Å²) in [4.78, 5) is 16.3. The maximum Gasteiger partial charge on any atom is 0.319 e. The van der Waals surface area contributed by atoms with Gasteiger partial charge in [-0.2, -0.15) is 0 Å². The van der Waals surface area contributed by atoms with Crippen LogP contribution in [0.1, 0.15) is 37.7 Å². The van der Waals surface area contributed by atoms with E-state index in [-0.39, 0.29) is 11.6 Å². The molecular formula is C19H23N3O. The van der Waals surface area contributed by atoms with Crippen LogP contribution in [0.2, 0.25) is 0 Å². The molecule has 4 heteroatoms. The lowest BCUT2D eigenvalue weighted by Gasteiger charge is -2.20. The first-order valence-electron chi connectivity index (χ1n) is 7.63. The highest BCUT2D eigenvalue weighted by molar-refractivity contribution is 5.90. The fraction of sp³-hybridized carbons (Fsp3) is 0.263. The van der Waals surface area contributed by atoms with Crippen LogP contribution in [-0.2, 0) is 0 Å². The third-order valence-corrected chi connectivity index (χ3v) is 2.99. The van der Waals surface area contributed by atoms with Crippen LogP contribution >= 0.6 is 0 Å². The first-order valence-corrected chi connectivity index (χ1v) is 7.63. The van der Waals surface area contributed by atoms with Gasteiger partial charge in [-0.05, 0) is 63.6 Å². The van der Waals surface area contributed by atoms with Gasteiger partial charge in [0.15, 0.2) is 0 Å². The summed E-state index contributed by atoms with van der Waals surface area (Å²) in [5, 5.41) is 5.72. The minimum Gasteiger partial charge on any atom is -0.333 e. The number of nitrogens with zero attached hydrogens (tertiary/aromatic N) is 1. The van der Waals surface area contributed by atoms with Crippen molar-refractivity contribution in [2.24, 2.45) is 0 Å². The molecule has 0 saturated carbocycles. The van der Waals surface area contributed by atoms with Gasteiger partial charge in [-0.3, -0.25) is 4.98 Å². The highest BCUT2D eigenvalue weighted by Crippen LogP contribution is 2.14. The van der Waals surface area contributed by atoms with Gasteiger partial charge in [-0.1, -0.05) is 24.3 Å². The number of nitrogens with one attached hydrogen (secondary N) is 2. The number of rotatable bonds is 3. The molecule has 0 aliphatic heterocycles. The summed E-state index contributed by atoms with van der Waals surface area (Å²) in [5.74, 6) is 0. The van der Waals surface area contributed by atoms with Crippen molar-refractivity contribution in [3.8, 4) is 0 Å². The van der Waals surface area contributed by atoms with Crippen LogP contribution in [0, 0.1) is 6.92 Å². The van der Waals surface area contributed by atoms with Crippen LogP contribution in [0.25, 0.3) is 12.2 Å². The summed E-state index contributed by atoms with van der Waals surface area (Å²) < 4.78 is 0. The number of pyridine rings is 1. The van der Waals surface area contributed by atoms with E-state index < -0.39 is 0 Å². The summed E-state index contributed by atoms with van der Waals surface area (Å²) in [7, 11) is 0. The molecule has 1 aromatic carbocycles. The van der Waals surface area contributed by atoms with E-state index in [1.807, 2.05) is 82.3 Å². The Hall–Kier alpha value is -2.62. The predicted octanol–water partition coefficient (Wildman–Crippen LogP) is 4.48. The van der Waals surface area contributed by atoms with Crippen LogP contribution in [0.4, 0.5) is 10.5 Å². The minimum absolute atomic E-state index is 0.209. The summed E-state index contributed by atoms with van der Waals surface area (Å²) in [6.07, 6.45) is 3.94. The first-order chi connectivity index (χ1) is 10.8. The highest BCUT2D eigenvalue weighted by Gasteiger charge is 2.13. The Balaban J connectivity index is 2.06. The second-order valence-electron chi connectivity index (χ2n) is 6.49. The number of benzene rings is 1. The number of carbonyl (C=O) groups excluding carboxylic acids is 1. The Morgan fingerprint density at radius 1 is 1.09 bits per heavy atom. The summed E-state index contributed by atoms with van der Waals surface area (Å²) in [5.41, 5.74) is 3.39. The standard InChI is InChI=1S/C19H23N3O/c1-14-7-5-9-16(20-14)12-11-15-8-6-10-17(13-15)21-18(23)22-19(2,3)4/h5-13H,1-4H3,(H2,21,22,23). The largest absolute Gasteiger partial charge is 0.333 e. The molecule has 0 bridgehead atoms. The van der Waals surface area contributed by atoms with Crippen molar-refractivity contribution in [3.63, 3.8) is 0 Å². The normalized spacial score (nSPS) is 11.5. The summed E-state index contributed by atoms with van der Waals surface area (Å²) in [6.45, 7) is 7.80. The molecule has 0 unspecified atom stereocenters. The van der Waals surface area contributed by atoms with Crippen molar-refractivity contribution in [1.29, 1.82) is 0 Å². The maximum absolute atomic E-state index is 11.9. The van der Waals surface area contributed by atoms with E-state index in [1.54, 1.807) is 0 Å². The lowest BCUT2D eigenvalue weighted by atomic mass is 10.1. The smallest absolute Gasteiger partial charge is 0.319 e. The van der Waals surface area contributed by atoms with Gasteiger partial charge in [0.25, 0.3) is 0 Å². The molecule has 2 aromatic rings. The first kappa shape index (κ1) is 16.7. The van der Waals surface area contributed by atoms with Gasteiger partial charge < -0.3 is 10.6 Å². The van der Waals surface area contributed by atoms with Gasteiger partial charge in [0.1, 0.15) is 0 Å². The molecule has 120 valence electrons. The molecular weight excluding hydrogens is 286 g/mol. The Morgan fingerprint density at radius 2 is 1.83 bits per heavy atom. The monoisotopic (exact) mass is 309 g/mol. The van der Waals surface area contributed by atoms with Crippen molar-refractivity contribution in [2.45, 2.75) is 33.2 Å². The van der Waals surface area contributed by atoms with Crippen LogP contribution in [0.15, 0.2) is 42.5 Å². The zero-order chi connectivity index (χ0) is 16.9. The molecule has 2 rings (SSSR count). The zero-order valence-corrected chi connectivity index (χ0v) is 14.1. The number of carbonyl (C=O) groups is 1. The lowest BCUT2D eigenvalue weighted by molar-refractivity contribution is 0.244. The van der Waals surface area contributed by atoms with Gasteiger partial charge in [0.05, 0.1) is 5.69 Å². The average molecular weight is 309 g/mol. The quantitative estimate of drug-likeness (QED) is 0.878. The van der Waals surface area contributed by atoms with Gasteiger partial charge >= 0.3 is 6.03 Å². The molecule has 2 amide bonds. The Labute approximate surface area is 137 Å². The summed E-state index contributed by atoms with van der Waals surface area (Å²) in [6, 6.07) is 13.4. The number of amides is 2. The van der Waals surface area contributed by atoms with Crippen molar-refractivity contribution >= 4 is 23.9 Å². The van der Waals surface area contributed by atoms with E-state index in [9.17, 15) is 4.79 Å². The fourth-order valence-corrected chi connectivity index (χ4v) is 2.06. The van der Waals surface area contributed by atoms with E-state index >= 15 is 0 Å². The van der Waals surface area contributed by atoms with Crippen LogP contribution in [-0.4, -0.2) is 16.6 Å². The summed E-state index contributed by atoms with van der Waals surface area (Å²) >= 11 is 0. The zero-order valence-electron chi connectivity index (χ0n) is 14.1. The molecule has 0 spiro atoms. The molecule has 0 saturated heterocycles. The van der Waals surface area contributed by atoms with Gasteiger partial charge in [0.2, 0.25) is 0 Å². The molecule has 4 nitrogen and oxygen atoms in total. The number of aryl methyl sites for hydroxylation is 1. The van der Waals surface area contributed by atoms with Gasteiger partial charge in [0, 0.05) is 16.9 Å². The predicted molar refractivity (Wildman–Crippen MR) is 96.3 cm³/mol. The van der Waals surface area contributed by atoms with E-state index in [0.29, 0.717) is 0 Å². The number of urea groups is 1. The fourth-order valence-electron chi connectivity index (χ4n) is 2.06. The van der Waals surface area contributed by atoms with Crippen molar-refractivity contribution in [2.75, 3.05) is 5.32 Å². The minimum atomic E-state index is -0.265. The molecule has 0 fully saturated rings. The van der Waals surface area contributed by atoms with E-state index in [4.69, 9.17) is 0 Å². The lowest BCUT2D eigenvalue weighted by Crippen LogP contribution is -2.43. The third kappa shape index (κ3) is 5.94. The van der Waals surface area contributed by atoms with E-state index in [0.717, 1.165) is 22.6 Å². The number of aromatic nitrogens is 1. The topological polar surface area (TPSA) is 54.0 Å². The van der Waals surface area contributed by atoms with Crippen molar-refractivity contribution in [3.05, 3.63) is 59.4 Å². The maximum atomic E-state index is 11.9. The third-order valence-electron chi connectivity index (χ3n) is 2.99. The molecule has 1 aromatic heterocycles. The van der Waals surface area contributed by atoms with E-state index in [2.05, 4.69) is 15.6 Å². The molecule has 23 heavy (non-hydrogen) atoms. The second-order valence-corrected chi connectivity index (χ2v) is 6.49. The van der Waals surface area contributed by atoms with Gasteiger partial charge in [-0.25, -0.2) is 4.79 Å². The average Bonchev–Trinajstić information content (AvgIpc) is 2.43. The van der Waals surface area contributed by atoms with Gasteiger partial charge in [-0.15, -0.1) is 0 Å². The molecule has 0 radical (unpaired) electrons. The molecule has 1 heterocycles. The Kier molecular flexibility index (Phi) is 5.16. The Morgan fingerprint density at radius 3 is 2.52 bits per heavy atom. The van der Waals surface area contributed by atoms with Crippen LogP contribution < -0.4 is 10.6 Å². The molecule has 2 N–H and O–H groups in total. The van der Waals surface area contributed by atoms with Crippen molar-refractivity contribution in [1.82, 2.24) is 10.3 Å². The van der Waals surface area contributed by atoms with E-state index in [1.165, 1.54) is 0 Å². The molecule has 0 atom stereocenters. The SMILES string of the molecule is Cc1cccc(C=Cc2cccc(NC(=O)NC(C)(C)C)c2)n1. The van der Waals surface area contributed by atoms with Crippen LogP contribution in [0.5, 0.6) is 0 Å². The Bertz CT molecular complexity index is 715. The highest BCUT2D eigenvalue weighted by atomic mass is 16.2. The number of anilines is 1. The molecule has 0 aliphatic carbocycles. The van der Waals surface area contributed by atoms with Crippen LogP contribution in [0.3, 0.4) is 0 Å². The van der Waals surface area contributed by atoms with Crippen molar-refractivity contribution < 1.29 is 4.79 Å².